The highest BCUT2D eigenvalue weighted by molar-refractivity contribution is 9.10. The van der Waals surface area contributed by atoms with Crippen molar-refractivity contribution in [2.24, 2.45) is 0 Å². The number of nitrogens with one attached hydrogen (secondary N) is 1. The summed E-state index contributed by atoms with van der Waals surface area (Å²) in [6.07, 6.45) is 1.50. The van der Waals surface area contributed by atoms with Crippen LogP contribution in [-0.4, -0.2) is 40.8 Å². The summed E-state index contributed by atoms with van der Waals surface area (Å²) in [4.78, 5) is 29.4. The minimum atomic E-state index is -0.193. The molecule has 0 saturated heterocycles. The summed E-state index contributed by atoms with van der Waals surface area (Å²) < 4.78 is 0.671. The molecule has 0 fully saturated rings. The lowest BCUT2D eigenvalue weighted by Crippen LogP contribution is -2.42. The predicted octanol–water partition coefficient (Wildman–Crippen LogP) is 1.83. The van der Waals surface area contributed by atoms with Gasteiger partial charge in [0.2, 0.25) is 5.91 Å². The lowest BCUT2D eigenvalue weighted by Gasteiger charge is -2.21. The SMILES string of the molecule is CCN(CC(=O)NC(C)C)C(=O)c1ccc(Br)nc1. The zero-order valence-electron chi connectivity index (χ0n) is 11.3. The van der Waals surface area contributed by atoms with Crippen molar-refractivity contribution in [1.82, 2.24) is 15.2 Å². The lowest BCUT2D eigenvalue weighted by molar-refractivity contribution is -0.122. The van der Waals surface area contributed by atoms with E-state index in [9.17, 15) is 9.59 Å². The number of likely N-dealkylation sites (N-methyl/N-ethyl adjacent to an activating group) is 1. The highest BCUT2D eigenvalue weighted by Crippen LogP contribution is 2.08. The molecule has 1 aromatic heterocycles. The molecule has 0 atom stereocenters. The maximum Gasteiger partial charge on any atom is 0.255 e. The molecule has 104 valence electrons. The first-order valence-electron chi connectivity index (χ1n) is 6.14. The predicted molar refractivity (Wildman–Crippen MR) is 76.8 cm³/mol. The van der Waals surface area contributed by atoms with Crippen molar-refractivity contribution in [1.29, 1.82) is 0 Å². The smallest absolute Gasteiger partial charge is 0.255 e. The number of carbonyl (C=O) groups excluding carboxylic acids is 2. The molecule has 5 nitrogen and oxygen atoms in total. The fraction of sp³-hybridized carbons (Fsp3) is 0.462. The summed E-state index contributed by atoms with van der Waals surface area (Å²) in [5, 5.41) is 2.77. The van der Waals surface area contributed by atoms with Crippen LogP contribution in [0.1, 0.15) is 31.1 Å². The van der Waals surface area contributed by atoms with Gasteiger partial charge in [-0.2, -0.15) is 0 Å². The molecule has 1 heterocycles. The fourth-order valence-electron chi connectivity index (χ4n) is 1.55. The second-order valence-electron chi connectivity index (χ2n) is 4.41. The Balaban J connectivity index is 2.71. The van der Waals surface area contributed by atoms with Crippen molar-refractivity contribution in [3.8, 4) is 0 Å². The molecule has 2 amide bonds. The van der Waals surface area contributed by atoms with Gasteiger partial charge in [0.15, 0.2) is 0 Å². The molecule has 0 radical (unpaired) electrons. The van der Waals surface area contributed by atoms with Crippen LogP contribution in [0.5, 0.6) is 0 Å². The number of carbonyl (C=O) groups is 2. The number of amides is 2. The molecule has 0 aliphatic rings. The Morgan fingerprint density at radius 1 is 1.42 bits per heavy atom. The first-order valence-corrected chi connectivity index (χ1v) is 6.93. The van der Waals surface area contributed by atoms with E-state index in [-0.39, 0.29) is 24.4 Å². The molecule has 0 aromatic carbocycles. The molecule has 0 unspecified atom stereocenters. The highest BCUT2D eigenvalue weighted by atomic mass is 79.9. The van der Waals surface area contributed by atoms with E-state index in [1.165, 1.54) is 11.1 Å². The van der Waals surface area contributed by atoms with Crippen molar-refractivity contribution in [2.45, 2.75) is 26.8 Å². The Hall–Kier alpha value is -1.43. The van der Waals surface area contributed by atoms with Gasteiger partial charge >= 0.3 is 0 Å². The molecule has 1 rings (SSSR count). The van der Waals surface area contributed by atoms with Crippen molar-refractivity contribution < 1.29 is 9.59 Å². The first kappa shape index (κ1) is 15.6. The second kappa shape index (κ2) is 7.23. The maximum absolute atomic E-state index is 12.2. The van der Waals surface area contributed by atoms with Crippen LogP contribution >= 0.6 is 15.9 Å². The fourth-order valence-corrected chi connectivity index (χ4v) is 1.79. The van der Waals surface area contributed by atoms with Crippen LogP contribution < -0.4 is 5.32 Å². The van der Waals surface area contributed by atoms with Crippen LogP contribution in [0, 0.1) is 0 Å². The zero-order valence-corrected chi connectivity index (χ0v) is 12.9. The number of aromatic nitrogens is 1. The topological polar surface area (TPSA) is 62.3 Å². The maximum atomic E-state index is 12.2. The first-order chi connectivity index (χ1) is 8.93. The Bertz CT molecular complexity index is 446. The van der Waals surface area contributed by atoms with Gasteiger partial charge in [-0.15, -0.1) is 0 Å². The van der Waals surface area contributed by atoms with E-state index in [0.29, 0.717) is 16.7 Å². The van der Waals surface area contributed by atoms with E-state index < -0.39 is 0 Å². The lowest BCUT2D eigenvalue weighted by atomic mass is 10.2. The largest absolute Gasteiger partial charge is 0.352 e. The Kier molecular flexibility index (Phi) is 5.95. The number of hydrogen-bond donors (Lipinski definition) is 1. The Labute approximate surface area is 121 Å². The molecule has 0 aliphatic heterocycles. The van der Waals surface area contributed by atoms with Gasteiger partial charge in [0.1, 0.15) is 4.60 Å². The van der Waals surface area contributed by atoms with Gasteiger partial charge in [0.05, 0.1) is 12.1 Å². The minimum absolute atomic E-state index is 0.0591. The summed E-state index contributed by atoms with van der Waals surface area (Å²) in [7, 11) is 0. The van der Waals surface area contributed by atoms with Crippen molar-refractivity contribution in [3.63, 3.8) is 0 Å². The van der Waals surface area contributed by atoms with Crippen molar-refractivity contribution >= 4 is 27.7 Å². The average molecular weight is 328 g/mol. The van der Waals surface area contributed by atoms with E-state index in [0.717, 1.165) is 0 Å². The zero-order chi connectivity index (χ0) is 14.4. The molecule has 1 N–H and O–H groups in total. The number of hydrogen-bond acceptors (Lipinski definition) is 3. The average Bonchev–Trinajstić information content (AvgIpc) is 2.35. The van der Waals surface area contributed by atoms with Gasteiger partial charge < -0.3 is 10.2 Å². The molecule has 0 spiro atoms. The van der Waals surface area contributed by atoms with Gasteiger partial charge in [-0.25, -0.2) is 4.98 Å². The van der Waals surface area contributed by atoms with Crippen molar-refractivity contribution in [2.75, 3.05) is 13.1 Å². The standard InChI is InChI=1S/C13H18BrN3O2/c1-4-17(8-12(18)16-9(2)3)13(19)10-5-6-11(14)15-7-10/h5-7,9H,4,8H2,1-3H3,(H,16,18). The third-order valence-corrected chi connectivity index (χ3v) is 2.90. The number of nitrogens with zero attached hydrogens (tertiary/aromatic N) is 2. The van der Waals surface area contributed by atoms with Crippen LogP contribution in [-0.2, 0) is 4.79 Å². The third kappa shape index (κ3) is 4.98. The summed E-state index contributed by atoms with van der Waals surface area (Å²) in [5.74, 6) is -0.350. The van der Waals surface area contributed by atoms with Gasteiger partial charge in [-0.1, -0.05) is 0 Å². The van der Waals surface area contributed by atoms with E-state index in [1.54, 1.807) is 12.1 Å². The van der Waals surface area contributed by atoms with Crippen LogP contribution in [0.2, 0.25) is 0 Å². The van der Waals surface area contributed by atoms with Gasteiger partial charge in [-0.3, -0.25) is 9.59 Å². The summed E-state index contributed by atoms with van der Waals surface area (Å²) in [5.41, 5.74) is 0.474. The van der Waals surface area contributed by atoms with Crippen molar-refractivity contribution in [3.05, 3.63) is 28.5 Å². The number of halogens is 1. The van der Waals surface area contributed by atoms with Crippen LogP contribution in [0.25, 0.3) is 0 Å². The van der Waals surface area contributed by atoms with Crippen LogP contribution in [0.3, 0.4) is 0 Å². The van der Waals surface area contributed by atoms with Gasteiger partial charge in [0, 0.05) is 18.8 Å². The highest BCUT2D eigenvalue weighted by Gasteiger charge is 2.17. The molecular formula is C13H18BrN3O2. The molecule has 0 saturated carbocycles. The van der Waals surface area contributed by atoms with Crippen LogP contribution in [0.4, 0.5) is 0 Å². The quantitative estimate of drug-likeness (QED) is 0.839. The minimum Gasteiger partial charge on any atom is -0.352 e. The molecule has 6 heteroatoms. The van der Waals surface area contributed by atoms with Crippen LogP contribution in [0.15, 0.2) is 22.9 Å². The van der Waals surface area contributed by atoms with E-state index in [1.807, 2.05) is 20.8 Å². The summed E-state index contributed by atoms with van der Waals surface area (Å²) >= 11 is 3.22. The molecular weight excluding hydrogens is 310 g/mol. The van der Waals surface area contributed by atoms with Gasteiger partial charge in [0.25, 0.3) is 5.91 Å². The molecule has 19 heavy (non-hydrogen) atoms. The van der Waals surface area contributed by atoms with E-state index >= 15 is 0 Å². The number of pyridine rings is 1. The molecule has 1 aromatic rings. The normalized spacial score (nSPS) is 10.4. The van der Waals surface area contributed by atoms with E-state index in [2.05, 4.69) is 26.2 Å². The Morgan fingerprint density at radius 3 is 2.58 bits per heavy atom. The summed E-state index contributed by atoms with van der Waals surface area (Å²) in [6, 6.07) is 3.45. The second-order valence-corrected chi connectivity index (χ2v) is 5.22. The number of rotatable bonds is 5. The monoisotopic (exact) mass is 327 g/mol. The van der Waals surface area contributed by atoms with E-state index in [4.69, 9.17) is 0 Å². The Morgan fingerprint density at radius 2 is 2.11 bits per heavy atom. The third-order valence-electron chi connectivity index (χ3n) is 2.43. The molecule has 0 bridgehead atoms. The summed E-state index contributed by atoms with van der Waals surface area (Å²) in [6.45, 7) is 6.14. The molecule has 0 aliphatic carbocycles. The van der Waals surface area contributed by atoms with Gasteiger partial charge in [-0.05, 0) is 48.8 Å².